The molecule has 0 saturated heterocycles. The van der Waals surface area contributed by atoms with Crippen molar-refractivity contribution in [1.82, 2.24) is 10.2 Å². The molecule has 1 amide bonds. The average Bonchev–Trinajstić information content (AvgIpc) is 3.28. The third kappa shape index (κ3) is 5.59. The molecule has 2 aromatic heterocycles. The van der Waals surface area contributed by atoms with Crippen molar-refractivity contribution in [3.8, 4) is 0 Å². The van der Waals surface area contributed by atoms with Gasteiger partial charge in [-0.2, -0.15) is 0 Å². The molecule has 0 atom stereocenters. The van der Waals surface area contributed by atoms with Crippen molar-refractivity contribution in [2.45, 2.75) is 36.3 Å². The zero-order valence-corrected chi connectivity index (χ0v) is 16.6. The van der Waals surface area contributed by atoms with Crippen LogP contribution in [-0.2, 0) is 23.4 Å². The molecule has 0 aliphatic heterocycles. The summed E-state index contributed by atoms with van der Waals surface area (Å²) in [4.78, 5) is 12.0. The highest BCUT2D eigenvalue weighted by Crippen LogP contribution is 2.28. The molecular formula is C18H18ClN3O2S2. The summed E-state index contributed by atoms with van der Waals surface area (Å²) in [5, 5.41) is 12.2. The van der Waals surface area contributed by atoms with Crippen molar-refractivity contribution < 1.29 is 9.21 Å². The maximum atomic E-state index is 12.0. The number of rotatable bonds is 8. The Morgan fingerprint density at radius 2 is 1.96 bits per heavy atom. The maximum absolute atomic E-state index is 12.0. The summed E-state index contributed by atoms with van der Waals surface area (Å²) in [5.74, 6) is 2.45. The Bertz CT molecular complexity index is 861. The van der Waals surface area contributed by atoms with Crippen LogP contribution in [0.25, 0.3) is 0 Å². The molecule has 1 N–H and O–H groups in total. The number of hydrogen-bond acceptors (Lipinski definition) is 6. The Hall–Kier alpha value is -1.83. The largest absolute Gasteiger partial charge is 0.466 e. The molecule has 3 aromatic rings. The molecule has 8 heteroatoms. The summed E-state index contributed by atoms with van der Waals surface area (Å²) in [6.07, 6.45) is 1.78. The molecule has 0 saturated carbocycles. The minimum Gasteiger partial charge on any atom is -0.466 e. The van der Waals surface area contributed by atoms with Gasteiger partial charge in [0.25, 0.3) is 0 Å². The van der Waals surface area contributed by atoms with Crippen LogP contribution < -0.4 is 5.32 Å². The smallest absolute Gasteiger partial charge is 0.226 e. The van der Waals surface area contributed by atoms with Gasteiger partial charge < -0.3 is 9.73 Å². The van der Waals surface area contributed by atoms with Crippen molar-refractivity contribution in [3.63, 3.8) is 0 Å². The molecule has 0 radical (unpaired) electrons. The highest BCUT2D eigenvalue weighted by Gasteiger charge is 2.10. The van der Waals surface area contributed by atoms with Crippen LogP contribution >= 0.6 is 34.7 Å². The lowest BCUT2D eigenvalue weighted by Crippen LogP contribution is -2.11. The third-order valence-corrected chi connectivity index (χ3v) is 5.89. The summed E-state index contributed by atoms with van der Waals surface area (Å²) in [6.45, 7) is 2.04. The van der Waals surface area contributed by atoms with Gasteiger partial charge in [0.2, 0.25) is 11.0 Å². The van der Waals surface area contributed by atoms with Gasteiger partial charge in [-0.05, 0) is 29.8 Å². The van der Waals surface area contributed by atoms with E-state index in [9.17, 15) is 4.79 Å². The molecule has 0 bridgehead atoms. The van der Waals surface area contributed by atoms with Crippen LogP contribution in [0.3, 0.4) is 0 Å². The van der Waals surface area contributed by atoms with Gasteiger partial charge in [0.05, 0.1) is 0 Å². The Morgan fingerprint density at radius 1 is 1.19 bits per heavy atom. The molecule has 1 aromatic carbocycles. The fraction of sp³-hybridized carbons (Fsp3) is 0.278. The second-order valence-corrected chi connectivity index (χ2v) is 8.19. The highest BCUT2D eigenvalue weighted by atomic mass is 35.5. The lowest BCUT2D eigenvalue weighted by atomic mass is 10.2. The number of amides is 1. The van der Waals surface area contributed by atoms with Crippen molar-refractivity contribution in [2.75, 3.05) is 5.32 Å². The minimum absolute atomic E-state index is 0.0927. The van der Waals surface area contributed by atoms with Gasteiger partial charge in [-0.3, -0.25) is 4.79 Å². The van der Waals surface area contributed by atoms with Crippen molar-refractivity contribution >= 4 is 45.7 Å². The number of halogens is 1. The lowest BCUT2D eigenvalue weighted by Gasteiger charge is -2.00. The van der Waals surface area contributed by atoms with Gasteiger partial charge in [0, 0.05) is 30.0 Å². The van der Waals surface area contributed by atoms with E-state index < -0.39 is 0 Å². The van der Waals surface area contributed by atoms with Crippen LogP contribution in [0.15, 0.2) is 45.2 Å². The van der Waals surface area contributed by atoms with Crippen molar-refractivity contribution in [3.05, 3.63) is 58.5 Å². The lowest BCUT2D eigenvalue weighted by molar-refractivity contribution is -0.116. The quantitative estimate of drug-likeness (QED) is 0.410. The molecule has 2 heterocycles. The molecule has 0 fully saturated rings. The van der Waals surface area contributed by atoms with Crippen LogP contribution in [0.1, 0.15) is 30.4 Å². The number of aryl methyl sites for hydroxylation is 2. The van der Waals surface area contributed by atoms with Gasteiger partial charge in [-0.25, -0.2) is 0 Å². The highest BCUT2D eigenvalue weighted by molar-refractivity contribution is 8.00. The predicted octanol–water partition coefficient (Wildman–Crippen LogP) is 5.21. The third-order valence-electron chi connectivity index (χ3n) is 3.59. The molecule has 0 aliphatic carbocycles. The Labute approximate surface area is 165 Å². The van der Waals surface area contributed by atoms with Gasteiger partial charge in [-0.15, -0.1) is 10.2 Å². The van der Waals surface area contributed by atoms with Crippen LogP contribution in [0.4, 0.5) is 5.13 Å². The number of anilines is 1. The number of carbonyl (C=O) groups excluding carboxylic acids is 1. The summed E-state index contributed by atoms with van der Waals surface area (Å²) in [7, 11) is 0. The topological polar surface area (TPSA) is 68.0 Å². The molecule has 26 heavy (non-hydrogen) atoms. The van der Waals surface area contributed by atoms with Crippen LogP contribution in [0, 0.1) is 0 Å². The van der Waals surface area contributed by atoms with Gasteiger partial charge in [0.15, 0.2) is 4.34 Å². The molecule has 0 unspecified atom stereocenters. The first-order valence-electron chi connectivity index (χ1n) is 8.20. The van der Waals surface area contributed by atoms with E-state index in [1.165, 1.54) is 11.3 Å². The fourth-order valence-electron chi connectivity index (χ4n) is 2.21. The molecule has 5 nitrogen and oxygen atoms in total. The Morgan fingerprint density at radius 3 is 2.69 bits per heavy atom. The van der Waals surface area contributed by atoms with E-state index in [1.807, 2.05) is 43.3 Å². The van der Waals surface area contributed by atoms with Crippen LogP contribution in [-0.4, -0.2) is 16.1 Å². The first kappa shape index (κ1) is 18.9. The average molecular weight is 408 g/mol. The van der Waals surface area contributed by atoms with E-state index in [2.05, 4.69) is 15.5 Å². The zero-order chi connectivity index (χ0) is 18.4. The number of furan rings is 1. The first-order chi connectivity index (χ1) is 12.6. The van der Waals surface area contributed by atoms with Gasteiger partial charge in [-0.1, -0.05) is 53.8 Å². The monoisotopic (exact) mass is 407 g/mol. The molecule has 0 aliphatic rings. The maximum Gasteiger partial charge on any atom is 0.226 e. The first-order valence-corrected chi connectivity index (χ1v) is 10.4. The minimum atomic E-state index is -0.0927. The summed E-state index contributed by atoms with van der Waals surface area (Å²) >= 11 is 8.83. The molecular weight excluding hydrogens is 390 g/mol. The van der Waals surface area contributed by atoms with E-state index in [-0.39, 0.29) is 5.91 Å². The van der Waals surface area contributed by atoms with Crippen LogP contribution in [0.2, 0.25) is 5.02 Å². The number of aromatic nitrogens is 2. The normalized spacial score (nSPS) is 10.8. The zero-order valence-electron chi connectivity index (χ0n) is 14.2. The Kier molecular flexibility index (Phi) is 6.71. The number of benzene rings is 1. The SMILES string of the molecule is CCc1ccc(CCC(=O)Nc2nnc(SCc3ccc(Cl)cc3)s2)o1. The summed E-state index contributed by atoms with van der Waals surface area (Å²) in [6, 6.07) is 11.6. The number of hydrogen-bond donors (Lipinski definition) is 1. The van der Waals surface area contributed by atoms with Gasteiger partial charge >= 0.3 is 0 Å². The van der Waals surface area contributed by atoms with E-state index in [0.29, 0.717) is 18.0 Å². The Balaban J connectivity index is 1.45. The van der Waals surface area contributed by atoms with E-state index >= 15 is 0 Å². The second-order valence-electron chi connectivity index (χ2n) is 5.56. The van der Waals surface area contributed by atoms with E-state index in [0.717, 1.165) is 38.6 Å². The molecule has 0 spiro atoms. The molecule has 3 rings (SSSR count). The van der Waals surface area contributed by atoms with Gasteiger partial charge in [0.1, 0.15) is 11.5 Å². The molecule has 136 valence electrons. The van der Waals surface area contributed by atoms with E-state index in [4.69, 9.17) is 16.0 Å². The van der Waals surface area contributed by atoms with Crippen molar-refractivity contribution in [2.24, 2.45) is 0 Å². The number of thioether (sulfide) groups is 1. The predicted molar refractivity (Wildman–Crippen MR) is 106 cm³/mol. The summed E-state index contributed by atoms with van der Waals surface area (Å²) < 4.78 is 6.42. The van der Waals surface area contributed by atoms with E-state index in [1.54, 1.807) is 11.8 Å². The number of nitrogens with zero attached hydrogens (tertiary/aromatic N) is 2. The van der Waals surface area contributed by atoms with Crippen LogP contribution in [0.5, 0.6) is 0 Å². The summed E-state index contributed by atoms with van der Waals surface area (Å²) in [5.41, 5.74) is 1.16. The number of carbonyl (C=O) groups is 1. The standard InChI is InChI=1S/C18H18ClN3O2S2/c1-2-14-7-8-15(24-14)9-10-16(23)20-17-21-22-18(26-17)25-11-12-3-5-13(19)6-4-12/h3-8H,2,9-11H2,1H3,(H,20,21,23). The fourth-order valence-corrected chi connectivity index (χ4v) is 4.06. The van der Waals surface area contributed by atoms with Crippen molar-refractivity contribution in [1.29, 1.82) is 0 Å². The second kappa shape index (κ2) is 9.21. The number of nitrogens with one attached hydrogen (secondary N) is 1.